The fourth-order valence-electron chi connectivity index (χ4n) is 2.71. The van der Waals surface area contributed by atoms with E-state index in [9.17, 15) is 22.4 Å². The van der Waals surface area contributed by atoms with Gasteiger partial charge in [0.2, 0.25) is 11.8 Å². The van der Waals surface area contributed by atoms with E-state index in [4.69, 9.17) is 0 Å². The molecule has 0 bridgehead atoms. The summed E-state index contributed by atoms with van der Waals surface area (Å²) in [5.41, 5.74) is 1.44. The number of halogens is 1. The molecule has 0 aromatic heterocycles. The lowest BCUT2D eigenvalue weighted by Gasteiger charge is -2.21. The van der Waals surface area contributed by atoms with Gasteiger partial charge in [0.15, 0.2) is 9.84 Å². The normalized spacial score (nSPS) is 16.2. The highest BCUT2D eigenvalue weighted by atomic mass is 32.2. The van der Waals surface area contributed by atoms with Crippen molar-refractivity contribution in [2.75, 3.05) is 16.4 Å². The molecule has 0 radical (unpaired) electrons. The minimum atomic E-state index is -3.71. The molecular formula is C19H19FN2O4S2. The van der Waals surface area contributed by atoms with Gasteiger partial charge in [-0.3, -0.25) is 9.59 Å². The molecule has 0 fully saturated rings. The Balaban J connectivity index is 1.68. The van der Waals surface area contributed by atoms with Gasteiger partial charge in [0.1, 0.15) is 5.82 Å². The standard InChI is InChI=1S/C19H19FN2O4S2/c1-11-9-13(20)3-5-15(11)21-18(23)7-8-28(25,26)14-4-6-17-16(10-14)22-19(24)12(2)27-17/h3-6,9-10,12H,7-8H2,1-2H3,(H,21,23)(H,22,24). The largest absolute Gasteiger partial charge is 0.326 e. The summed E-state index contributed by atoms with van der Waals surface area (Å²) in [5.74, 6) is -1.45. The van der Waals surface area contributed by atoms with E-state index in [1.807, 2.05) is 0 Å². The third-order valence-corrected chi connectivity index (χ3v) is 7.19. The number of thioether (sulfide) groups is 1. The van der Waals surface area contributed by atoms with Gasteiger partial charge in [-0.15, -0.1) is 11.8 Å². The zero-order chi connectivity index (χ0) is 20.5. The van der Waals surface area contributed by atoms with Crippen LogP contribution in [0.25, 0.3) is 0 Å². The van der Waals surface area contributed by atoms with Crippen LogP contribution in [0, 0.1) is 12.7 Å². The number of anilines is 2. The van der Waals surface area contributed by atoms with Crippen molar-refractivity contribution in [1.82, 2.24) is 0 Å². The van der Waals surface area contributed by atoms with Crippen LogP contribution in [0.15, 0.2) is 46.2 Å². The maximum atomic E-state index is 13.1. The number of hydrogen-bond donors (Lipinski definition) is 2. The second-order valence-corrected chi connectivity index (χ2v) is 9.98. The average Bonchev–Trinajstić information content (AvgIpc) is 2.63. The number of carbonyl (C=O) groups is 2. The van der Waals surface area contributed by atoms with Crippen LogP contribution < -0.4 is 10.6 Å². The van der Waals surface area contributed by atoms with Crippen molar-refractivity contribution in [3.05, 3.63) is 47.8 Å². The summed E-state index contributed by atoms with van der Waals surface area (Å²) >= 11 is 1.36. The molecule has 2 N–H and O–H groups in total. The first-order chi connectivity index (χ1) is 13.2. The molecule has 2 aromatic rings. The van der Waals surface area contributed by atoms with Crippen LogP contribution in [0.2, 0.25) is 0 Å². The predicted octanol–water partition coefficient (Wildman–Crippen LogP) is 3.37. The molecule has 2 aromatic carbocycles. The van der Waals surface area contributed by atoms with Crippen molar-refractivity contribution in [1.29, 1.82) is 0 Å². The molecule has 1 aliphatic heterocycles. The number of amides is 2. The van der Waals surface area contributed by atoms with E-state index in [-0.39, 0.29) is 28.2 Å². The lowest BCUT2D eigenvalue weighted by atomic mass is 10.2. The number of sulfone groups is 1. The summed E-state index contributed by atoms with van der Waals surface area (Å²) in [6, 6.07) is 8.50. The molecule has 148 valence electrons. The molecule has 3 rings (SSSR count). The van der Waals surface area contributed by atoms with Gasteiger partial charge in [0.05, 0.1) is 21.6 Å². The van der Waals surface area contributed by atoms with E-state index < -0.39 is 21.6 Å². The number of hydrogen-bond acceptors (Lipinski definition) is 5. The highest BCUT2D eigenvalue weighted by Crippen LogP contribution is 2.36. The highest BCUT2D eigenvalue weighted by Gasteiger charge is 2.25. The Morgan fingerprint density at radius 2 is 2.00 bits per heavy atom. The lowest BCUT2D eigenvalue weighted by molar-refractivity contribution is -0.116. The van der Waals surface area contributed by atoms with Crippen molar-refractivity contribution < 1.29 is 22.4 Å². The number of aryl methyl sites for hydroxylation is 1. The molecule has 0 aliphatic carbocycles. The van der Waals surface area contributed by atoms with E-state index >= 15 is 0 Å². The van der Waals surface area contributed by atoms with Crippen molar-refractivity contribution in [3.8, 4) is 0 Å². The Morgan fingerprint density at radius 1 is 1.25 bits per heavy atom. The van der Waals surface area contributed by atoms with Crippen molar-refractivity contribution in [3.63, 3.8) is 0 Å². The molecule has 28 heavy (non-hydrogen) atoms. The minimum Gasteiger partial charge on any atom is -0.326 e. The quantitative estimate of drug-likeness (QED) is 0.771. The van der Waals surface area contributed by atoms with Gasteiger partial charge in [-0.25, -0.2) is 12.8 Å². The molecule has 6 nitrogen and oxygen atoms in total. The molecule has 0 saturated carbocycles. The van der Waals surface area contributed by atoms with Gasteiger partial charge in [-0.05, 0) is 55.8 Å². The molecule has 0 saturated heterocycles. The smallest absolute Gasteiger partial charge is 0.237 e. The lowest BCUT2D eigenvalue weighted by Crippen LogP contribution is -2.26. The number of fused-ring (bicyclic) bond motifs is 1. The SMILES string of the molecule is Cc1cc(F)ccc1NC(=O)CCS(=O)(=O)c1ccc2c(c1)NC(=O)C(C)S2. The van der Waals surface area contributed by atoms with Crippen molar-refractivity contribution in [2.24, 2.45) is 0 Å². The van der Waals surface area contributed by atoms with Crippen molar-refractivity contribution in [2.45, 2.75) is 35.3 Å². The number of carbonyl (C=O) groups excluding carboxylic acids is 2. The second-order valence-electron chi connectivity index (χ2n) is 6.48. The first kappa shape index (κ1) is 20.3. The van der Waals surface area contributed by atoms with E-state index in [1.165, 1.54) is 42.1 Å². The molecule has 1 atom stereocenters. The number of rotatable bonds is 5. The van der Waals surface area contributed by atoms with Crippen LogP contribution in [-0.4, -0.2) is 31.2 Å². The number of benzene rings is 2. The summed E-state index contributed by atoms with van der Waals surface area (Å²) in [6.07, 6.45) is -0.242. The second kappa shape index (κ2) is 7.92. The molecule has 1 unspecified atom stereocenters. The van der Waals surface area contributed by atoms with Gasteiger partial charge in [-0.2, -0.15) is 0 Å². The summed E-state index contributed by atoms with van der Waals surface area (Å²) < 4.78 is 38.3. The molecule has 9 heteroatoms. The molecule has 0 spiro atoms. The fourth-order valence-corrected chi connectivity index (χ4v) is 4.90. The molecule has 1 aliphatic rings. The zero-order valence-electron chi connectivity index (χ0n) is 15.3. The predicted molar refractivity (Wildman–Crippen MR) is 107 cm³/mol. The van der Waals surface area contributed by atoms with Crippen LogP contribution in [0.5, 0.6) is 0 Å². The van der Waals surface area contributed by atoms with E-state index in [1.54, 1.807) is 19.9 Å². The molecular weight excluding hydrogens is 403 g/mol. The minimum absolute atomic E-state index is 0.0486. The first-order valence-corrected chi connectivity index (χ1v) is 11.1. The molecule has 1 heterocycles. The monoisotopic (exact) mass is 422 g/mol. The van der Waals surface area contributed by atoms with Crippen LogP contribution in [0.3, 0.4) is 0 Å². The Hall–Kier alpha value is -2.39. The maximum absolute atomic E-state index is 13.1. The summed E-state index contributed by atoms with van der Waals surface area (Å²) in [4.78, 5) is 24.8. The van der Waals surface area contributed by atoms with Crippen LogP contribution >= 0.6 is 11.8 Å². The van der Waals surface area contributed by atoms with Gasteiger partial charge in [0.25, 0.3) is 0 Å². The maximum Gasteiger partial charge on any atom is 0.237 e. The third kappa shape index (κ3) is 4.53. The zero-order valence-corrected chi connectivity index (χ0v) is 16.9. The Bertz CT molecular complexity index is 1050. The summed E-state index contributed by atoms with van der Waals surface area (Å²) in [7, 11) is -3.71. The Kier molecular flexibility index (Phi) is 5.76. The average molecular weight is 423 g/mol. The van der Waals surface area contributed by atoms with Crippen LogP contribution in [-0.2, 0) is 19.4 Å². The molecule has 2 amide bonds. The Morgan fingerprint density at radius 3 is 2.71 bits per heavy atom. The van der Waals surface area contributed by atoms with Gasteiger partial charge in [-0.1, -0.05) is 0 Å². The first-order valence-electron chi connectivity index (χ1n) is 8.56. The number of nitrogens with one attached hydrogen (secondary N) is 2. The summed E-state index contributed by atoms with van der Waals surface area (Å²) in [6.45, 7) is 3.42. The van der Waals surface area contributed by atoms with Crippen molar-refractivity contribution >= 4 is 44.8 Å². The van der Waals surface area contributed by atoms with E-state index in [2.05, 4.69) is 10.6 Å². The van der Waals surface area contributed by atoms with Gasteiger partial charge < -0.3 is 10.6 Å². The van der Waals surface area contributed by atoms with Crippen LogP contribution in [0.1, 0.15) is 18.9 Å². The highest BCUT2D eigenvalue weighted by molar-refractivity contribution is 8.01. The topological polar surface area (TPSA) is 92.3 Å². The van der Waals surface area contributed by atoms with Crippen LogP contribution in [0.4, 0.5) is 15.8 Å². The van der Waals surface area contributed by atoms with E-state index in [0.29, 0.717) is 16.9 Å². The summed E-state index contributed by atoms with van der Waals surface area (Å²) in [5, 5.41) is 5.05. The van der Waals surface area contributed by atoms with E-state index in [0.717, 1.165) is 4.90 Å². The van der Waals surface area contributed by atoms with Gasteiger partial charge in [0, 0.05) is 17.0 Å². The Labute approximate surface area is 166 Å². The third-order valence-electron chi connectivity index (χ3n) is 4.30. The fraction of sp³-hybridized carbons (Fsp3) is 0.263. The van der Waals surface area contributed by atoms with Gasteiger partial charge >= 0.3 is 0 Å².